The van der Waals surface area contributed by atoms with Gasteiger partial charge >= 0.3 is 0 Å². The molecule has 0 atom stereocenters. The number of benzene rings is 2. The van der Waals surface area contributed by atoms with Crippen molar-refractivity contribution in [3.63, 3.8) is 0 Å². The van der Waals surface area contributed by atoms with Crippen molar-refractivity contribution < 1.29 is 13.2 Å². The third-order valence-electron chi connectivity index (χ3n) is 4.39. The lowest BCUT2D eigenvalue weighted by atomic mass is 10.1. The van der Waals surface area contributed by atoms with E-state index in [0.717, 1.165) is 25.3 Å². The van der Waals surface area contributed by atoms with Gasteiger partial charge in [0.15, 0.2) is 0 Å². The van der Waals surface area contributed by atoms with Gasteiger partial charge in [0, 0.05) is 19.2 Å². The van der Waals surface area contributed by atoms with Gasteiger partial charge in [-0.05, 0) is 24.3 Å². The molecule has 0 radical (unpaired) electrons. The van der Waals surface area contributed by atoms with Crippen LogP contribution >= 0.6 is 0 Å². The molecule has 0 spiro atoms. The number of nitrogens with zero attached hydrogens (tertiary/aromatic N) is 1. The minimum Gasteiger partial charge on any atom is -0.490 e. The third kappa shape index (κ3) is 2.48. The molecule has 23 heavy (non-hydrogen) atoms. The first-order valence-corrected chi connectivity index (χ1v) is 9.19. The maximum Gasteiger partial charge on any atom is 0.206 e. The van der Waals surface area contributed by atoms with Crippen molar-refractivity contribution in [2.45, 2.75) is 15.8 Å². The maximum atomic E-state index is 12.7. The molecule has 0 amide bonds. The third-order valence-corrected chi connectivity index (χ3v) is 6.16. The van der Waals surface area contributed by atoms with E-state index in [1.54, 1.807) is 42.5 Å². The Kier molecular flexibility index (Phi) is 3.50. The Morgan fingerprint density at radius 2 is 1.83 bits per heavy atom. The molecule has 2 aromatic rings. The summed E-state index contributed by atoms with van der Waals surface area (Å²) in [6.07, 6.45) is 0. The van der Waals surface area contributed by atoms with Crippen molar-refractivity contribution in [3.8, 4) is 5.75 Å². The predicted molar refractivity (Wildman–Crippen MR) is 87.8 cm³/mol. The molecule has 4 rings (SSSR count). The quantitative estimate of drug-likeness (QED) is 0.928. The summed E-state index contributed by atoms with van der Waals surface area (Å²) in [5.41, 5.74) is 0.981. The molecule has 0 bridgehead atoms. The molecule has 1 saturated heterocycles. The Morgan fingerprint density at radius 3 is 2.52 bits per heavy atom. The molecule has 1 N–H and O–H groups in total. The lowest BCUT2D eigenvalue weighted by Crippen LogP contribution is -2.59. The van der Waals surface area contributed by atoms with Crippen molar-refractivity contribution >= 4 is 15.5 Å². The molecule has 2 heterocycles. The lowest BCUT2D eigenvalue weighted by molar-refractivity contribution is 0.285. The van der Waals surface area contributed by atoms with E-state index >= 15 is 0 Å². The van der Waals surface area contributed by atoms with Crippen LogP contribution < -0.4 is 15.0 Å². The highest BCUT2D eigenvalue weighted by atomic mass is 32.2. The summed E-state index contributed by atoms with van der Waals surface area (Å²) in [6.45, 7) is 3.34. The van der Waals surface area contributed by atoms with Gasteiger partial charge in [-0.25, -0.2) is 8.42 Å². The van der Waals surface area contributed by atoms with Crippen LogP contribution in [-0.4, -0.2) is 40.7 Å². The van der Waals surface area contributed by atoms with Gasteiger partial charge < -0.3 is 15.0 Å². The topological polar surface area (TPSA) is 58.6 Å². The first kappa shape index (κ1) is 14.5. The van der Waals surface area contributed by atoms with E-state index in [-0.39, 0.29) is 4.90 Å². The van der Waals surface area contributed by atoms with E-state index in [9.17, 15) is 8.42 Å². The van der Waals surface area contributed by atoms with Crippen molar-refractivity contribution in [1.29, 1.82) is 0 Å². The summed E-state index contributed by atoms with van der Waals surface area (Å²) in [5.74, 6) is 0.653. The van der Waals surface area contributed by atoms with Crippen LogP contribution in [0.4, 0.5) is 5.69 Å². The smallest absolute Gasteiger partial charge is 0.206 e. The second-order valence-electron chi connectivity index (χ2n) is 5.80. The summed E-state index contributed by atoms with van der Waals surface area (Å²) in [7, 11) is -3.51. The van der Waals surface area contributed by atoms with E-state index in [4.69, 9.17) is 4.74 Å². The predicted octanol–water partition coefficient (Wildman–Crippen LogP) is 1.69. The van der Waals surface area contributed by atoms with Crippen molar-refractivity contribution in [3.05, 3.63) is 48.5 Å². The molecule has 5 nitrogen and oxygen atoms in total. The van der Waals surface area contributed by atoms with Crippen molar-refractivity contribution in [1.82, 2.24) is 5.32 Å². The SMILES string of the molecule is O=S(=O)(c1ccccc1)c1ccc2c(c1)OCCN2C1CNC1. The van der Waals surface area contributed by atoms with Gasteiger partial charge in [-0.2, -0.15) is 0 Å². The fourth-order valence-corrected chi connectivity index (χ4v) is 4.29. The molecule has 2 aromatic carbocycles. The van der Waals surface area contributed by atoms with Gasteiger partial charge in [-0.15, -0.1) is 0 Å². The first-order chi connectivity index (χ1) is 11.2. The number of hydrogen-bond donors (Lipinski definition) is 1. The van der Waals surface area contributed by atoms with Gasteiger partial charge in [0.2, 0.25) is 9.84 Å². The van der Waals surface area contributed by atoms with E-state index in [1.165, 1.54) is 0 Å². The molecular weight excluding hydrogens is 312 g/mol. The zero-order chi connectivity index (χ0) is 15.9. The maximum absolute atomic E-state index is 12.7. The zero-order valence-electron chi connectivity index (χ0n) is 12.6. The largest absolute Gasteiger partial charge is 0.490 e. The van der Waals surface area contributed by atoms with Crippen LogP contribution in [0.25, 0.3) is 0 Å². The molecule has 0 aliphatic carbocycles. The molecule has 0 aromatic heterocycles. The number of nitrogens with one attached hydrogen (secondary N) is 1. The number of fused-ring (bicyclic) bond motifs is 1. The molecule has 6 heteroatoms. The number of rotatable bonds is 3. The zero-order valence-corrected chi connectivity index (χ0v) is 13.4. The fourth-order valence-electron chi connectivity index (χ4n) is 3.00. The Labute approximate surface area is 135 Å². The number of anilines is 1. The fraction of sp³-hybridized carbons (Fsp3) is 0.294. The van der Waals surface area contributed by atoms with Crippen LogP contribution in [0.15, 0.2) is 58.3 Å². The normalized spacial score (nSPS) is 18.0. The average molecular weight is 330 g/mol. The van der Waals surface area contributed by atoms with E-state index in [2.05, 4.69) is 10.2 Å². The van der Waals surface area contributed by atoms with Crippen LogP contribution in [0.1, 0.15) is 0 Å². The number of ether oxygens (including phenoxy) is 1. The molecular formula is C17H18N2O3S. The van der Waals surface area contributed by atoms with Gasteiger partial charge in [0.1, 0.15) is 12.4 Å². The summed E-state index contributed by atoms with van der Waals surface area (Å²) in [4.78, 5) is 2.88. The minimum atomic E-state index is -3.51. The van der Waals surface area contributed by atoms with Crippen LogP contribution in [0.3, 0.4) is 0 Å². The van der Waals surface area contributed by atoms with Crippen molar-refractivity contribution in [2.75, 3.05) is 31.1 Å². The highest BCUT2D eigenvalue weighted by Crippen LogP contribution is 2.36. The van der Waals surface area contributed by atoms with Crippen molar-refractivity contribution in [2.24, 2.45) is 0 Å². The Morgan fingerprint density at radius 1 is 1.04 bits per heavy atom. The summed E-state index contributed by atoms with van der Waals surface area (Å²) in [6, 6.07) is 14.1. The van der Waals surface area contributed by atoms with Gasteiger partial charge in [-0.1, -0.05) is 18.2 Å². The Bertz CT molecular complexity index is 817. The standard InChI is InChI=1S/C17H18N2O3S/c20-23(21,14-4-2-1-3-5-14)15-6-7-16-17(10-15)22-9-8-19(16)13-11-18-12-13/h1-7,10,13,18H,8-9,11-12H2. The Balaban J connectivity index is 1.72. The van der Waals surface area contributed by atoms with Crippen LogP contribution in [0.2, 0.25) is 0 Å². The second-order valence-corrected chi connectivity index (χ2v) is 7.75. The molecule has 0 saturated carbocycles. The molecule has 0 unspecified atom stereocenters. The van der Waals surface area contributed by atoms with Crippen LogP contribution in [0.5, 0.6) is 5.75 Å². The number of hydrogen-bond acceptors (Lipinski definition) is 5. The summed E-state index contributed by atoms with van der Waals surface area (Å²) < 4.78 is 31.2. The highest BCUT2D eigenvalue weighted by Gasteiger charge is 2.30. The molecule has 1 fully saturated rings. The number of sulfone groups is 1. The summed E-state index contributed by atoms with van der Waals surface area (Å²) in [5, 5.41) is 3.27. The monoisotopic (exact) mass is 330 g/mol. The van der Waals surface area contributed by atoms with E-state index in [1.807, 2.05) is 6.07 Å². The first-order valence-electron chi connectivity index (χ1n) is 7.70. The molecule has 2 aliphatic rings. The molecule has 120 valence electrons. The van der Waals surface area contributed by atoms with Crippen LogP contribution in [0, 0.1) is 0 Å². The van der Waals surface area contributed by atoms with Gasteiger partial charge in [0.25, 0.3) is 0 Å². The second kappa shape index (κ2) is 5.54. The highest BCUT2D eigenvalue weighted by molar-refractivity contribution is 7.91. The molecule has 2 aliphatic heterocycles. The summed E-state index contributed by atoms with van der Waals surface area (Å²) >= 11 is 0. The van der Waals surface area contributed by atoms with E-state index in [0.29, 0.717) is 23.3 Å². The van der Waals surface area contributed by atoms with Gasteiger partial charge in [0.05, 0.1) is 28.1 Å². The Hall–Kier alpha value is -2.05. The van der Waals surface area contributed by atoms with Crippen LogP contribution in [-0.2, 0) is 9.84 Å². The minimum absolute atomic E-state index is 0.274. The average Bonchev–Trinajstić information content (AvgIpc) is 2.54. The lowest BCUT2D eigenvalue weighted by Gasteiger charge is -2.42. The van der Waals surface area contributed by atoms with Gasteiger partial charge in [-0.3, -0.25) is 0 Å². The van der Waals surface area contributed by atoms with E-state index < -0.39 is 9.84 Å².